The Hall–Kier alpha value is -3.68. The lowest BCUT2D eigenvalue weighted by Crippen LogP contribution is -2.50. The number of nitrogens with one attached hydrogen (secondary N) is 1. The van der Waals surface area contributed by atoms with Crippen LogP contribution < -0.4 is 15.0 Å². The van der Waals surface area contributed by atoms with Crippen molar-refractivity contribution < 1.29 is 13.9 Å². The number of ether oxygens (including phenoxy) is 1. The van der Waals surface area contributed by atoms with E-state index in [4.69, 9.17) is 4.74 Å². The summed E-state index contributed by atoms with van der Waals surface area (Å²) in [6, 6.07) is 15.4. The molecule has 31 heavy (non-hydrogen) atoms. The van der Waals surface area contributed by atoms with Gasteiger partial charge in [0.2, 0.25) is 0 Å². The van der Waals surface area contributed by atoms with Crippen molar-refractivity contribution in [1.29, 1.82) is 0 Å². The highest BCUT2D eigenvalue weighted by Gasteiger charge is 2.23. The van der Waals surface area contributed by atoms with Crippen molar-refractivity contribution in [3.63, 3.8) is 0 Å². The molecule has 0 radical (unpaired) electrons. The number of rotatable bonds is 5. The molecule has 0 saturated carbocycles. The monoisotopic (exact) mass is 421 g/mol. The first-order valence-corrected chi connectivity index (χ1v) is 10.2. The number of carbonyl (C=O) groups excluding carboxylic acids is 1. The lowest BCUT2D eigenvalue weighted by molar-refractivity contribution is 0.208. The molecule has 160 valence electrons. The zero-order chi connectivity index (χ0) is 21.6. The molecule has 3 aromatic rings. The number of benzene rings is 2. The van der Waals surface area contributed by atoms with E-state index in [0.29, 0.717) is 55.5 Å². The lowest BCUT2D eigenvalue weighted by Gasteiger charge is -2.35. The molecule has 8 heteroatoms. The van der Waals surface area contributed by atoms with Crippen LogP contribution in [0.4, 0.5) is 20.7 Å². The van der Waals surface area contributed by atoms with Gasteiger partial charge in [-0.15, -0.1) is 0 Å². The number of urea groups is 1. The minimum Gasteiger partial charge on any atom is -0.492 e. The number of hydrogen-bond acceptors (Lipinski definition) is 5. The summed E-state index contributed by atoms with van der Waals surface area (Å²) < 4.78 is 19.1. The molecule has 1 aromatic heterocycles. The van der Waals surface area contributed by atoms with Crippen molar-refractivity contribution in [3.05, 3.63) is 66.7 Å². The zero-order valence-electron chi connectivity index (χ0n) is 17.3. The van der Waals surface area contributed by atoms with E-state index in [2.05, 4.69) is 20.2 Å². The van der Waals surface area contributed by atoms with E-state index in [-0.39, 0.29) is 11.8 Å². The second-order valence-electron chi connectivity index (χ2n) is 7.11. The van der Waals surface area contributed by atoms with E-state index in [1.54, 1.807) is 11.0 Å². The van der Waals surface area contributed by atoms with Gasteiger partial charge in [0.1, 0.15) is 23.7 Å². The van der Waals surface area contributed by atoms with Gasteiger partial charge in [-0.3, -0.25) is 0 Å². The maximum Gasteiger partial charge on any atom is 0.322 e. The van der Waals surface area contributed by atoms with Crippen molar-refractivity contribution >= 4 is 17.5 Å². The van der Waals surface area contributed by atoms with Gasteiger partial charge >= 0.3 is 6.03 Å². The largest absolute Gasteiger partial charge is 0.492 e. The van der Waals surface area contributed by atoms with Crippen LogP contribution in [0.3, 0.4) is 0 Å². The molecule has 0 atom stereocenters. The third kappa shape index (κ3) is 4.91. The molecule has 2 amide bonds. The first-order valence-electron chi connectivity index (χ1n) is 10.2. The first-order chi connectivity index (χ1) is 15.1. The smallest absolute Gasteiger partial charge is 0.322 e. The molecule has 0 bridgehead atoms. The van der Waals surface area contributed by atoms with Crippen LogP contribution in [0, 0.1) is 5.82 Å². The predicted molar refractivity (Wildman–Crippen MR) is 118 cm³/mol. The maximum absolute atomic E-state index is 13.5. The fraction of sp³-hybridized carbons (Fsp3) is 0.261. The van der Waals surface area contributed by atoms with Crippen LogP contribution in [0.25, 0.3) is 11.3 Å². The molecule has 0 aliphatic carbocycles. The van der Waals surface area contributed by atoms with Gasteiger partial charge in [0.05, 0.1) is 18.0 Å². The number of hydrogen-bond donors (Lipinski definition) is 1. The molecule has 0 spiro atoms. The van der Waals surface area contributed by atoms with Gasteiger partial charge in [0.15, 0.2) is 0 Å². The highest BCUT2D eigenvalue weighted by molar-refractivity contribution is 5.91. The molecule has 7 nitrogen and oxygen atoms in total. The number of piperazine rings is 1. The molecular weight excluding hydrogens is 397 g/mol. The molecule has 1 fully saturated rings. The summed E-state index contributed by atoms with van der Waals surface area (Å²) in [7, 11) is 0. The van der Waals surface area contributed by atoms with Crippen LogP contribution >= 0.6 is 0 Å². The Balaban J connectivity index is 1.39. The molecular formula is C23H24FN5O2. The Morgan fingerprint density at radius 3 is 2.65 bits per heavy atom. The van der Waals surface area contributed by atoms with E-state index < -0.39 is 0 Å². The average Bonchev–Trinajstić information content (AvgIpc) is 2.81. The van der Waals surface area contributed by atoms with Crippen LogP contribution in [0.5, 0.6) is 5.75 Å². The molecule has 1 aliphatic rings. The molecule has 4 rings (SSSR count). The molecule has 1 N–H and O–H groups in total. The van der Waals surface area contributed by atoms with Crippen molar-refractivity contribution in [2.24, 2.45) is 0 Å². The van der Waals surface area contributed by atoms with Crippen molar-refractivity contribution in [1.82, 2.24) is 14.9 Å². The Morgan fingerprint density at radius 2 is 1.87 bits per heavy atom. The second-order valence-corrected chi connectivity index (χ2v) is 7.11. The highest BCUT2D eigenvalue weighted by atomic mass is 19.1. The van der Waals surface area contributed by atoms with E-state index in [1.807, 2.05) is 43.3 Å². The van der Waals surface area contributed by atoms with E-state index in [0.717, 1.165) is 5.82 Å². The summed E-state index contributed by atoms with van der Waals surface area (Å²) in [4.78, 5) is 25.2. The fourth-order valence-corrected chi connectivity index (χ4v) is 3.51. The van der Waals surface area contributed by atoms with Gasteiger partial charge in [-0.2, -0.15) is 0 Å². The van der Waals surface area contributed by atoms with E-state index >= 15 is 0 Å². The van der Waals surface area contributed by atoms with Gasteiger partial charge < -0.3 is 19.9 Å². The molecule has 2 heterocycles. The Bertz CT molecular complexity index is 1050. The summed E-state index contributed by atoms with van der Waals surface area (Å²) in [6.45, 7) is 4.83. The number of anilines is 2. The highest BCUT2D eigenvalue weighted by Crippen LogP contribution is 2.25. The van der Waals surface area contributed by atoms with Gasteiger partial charge in [-0.1, -0.05) is 24.3 Å². The number of halogens is 1. The minimum atomic E-state index is -0.303. The zero-order valence-corrected chi connectivity index (χ0v) is 17.3. The second kappa shape index (κ2) is 9.42. The van der Waals surface area contributed by atoms with Crippen LogP contribution in [-0.4, -0.2) is 53.7 Å². The van der Waals surface area contributed by atoms with E-state index in [1.165, 1.54) is 18.5 Å². The Kier molecular flexibility index (Phi) is 6.26. The molecule has 1 aliphatic heterocycles. The summed E-state index contributed by atoms with van der Waals surface area (Å²) in [5.74, 6) is 1.11. The number of nitrogens with zero attached hydrogens (tertiary/aromatic N) is 4. The normalized spacial score (nSPS) is 13.7. The maximum atomic E-state index is 13.5. The molecule has 2 aromatic carbocycles. The topological polar surface area (TPSA) is 70.6 Å². The quantitative estimate of drug-likeness (QED) is 0.673. The SMILES string of the molecule is CCOc1ccccc1NC(=O)N1CCN(c2cc(-c3cccc(F)c3)ncn2)CC1. The Morgan fingerprint density at radius 1 is 1.06 bits per heavy atom. The average molecular weight is 421 g/mol. The minimum absolute atomic E-state index is 0.157. The number of amides is 2. The third-order valence-corrected chi connectivity index (χ3v) is 5.09. The van der Waals surface area contributed by atoms with Crippen molar-refractivity contribution in [3.8, 4) is 17.0 Å². The summed E-state index contributed by atoms with van der Waals surface area (Å²) >= 11 is 0. The molecule has 0 unspecified atom stereocenters. The summed E-state index contributed by atoms with van der Waals surface area (Å²) in [5, 5.41) is 2.94. The van der Waals surface area contributed by atoms with Crippen LogP contribution in [0.15, 0.2) is 60.9 Å². The third-order valence-electron chi connectivity index (χ3n) is 5.09. The fourth-order valence-electron chi connectivity index (χ4n) is 3.51. The van der Waals surface area contributed by atoms with Crippen molar-refractivity contribution in [2.45, 2.75) is 6.92 Å². The standard InChI is InChI=1S/C23H24FN5O2/c1-2-31-21-9-4-3-8-19(21)27-23(30)29-12-10-28(11-13-29)22-15-20(25-16-26-22)17-6-5-7-18(24)14-17/h3-9,14-16H,2,10-13H2,1H3,(H,27,30). The molecule has 1 saturated heterocycles. The van der Waals surface area contributed by atoms with Crippen LogP contribution in [0.1, 0.15) is 6.92 Å². The number of aromatic nitrogens is 2. The number of para-hydroxylation sites is 2. The lowest BCUT2D eigenvalue weighted by atomic mass is 10.1. The Labute approximate surface area is 180 Å². The summed E-state index contributed by atoms with van der Waals surface area (Å²) in [6.07, 6.45) is 1.49. The van der Waals surface area contributed by atoms with Gasteiger partial charge in [-0.05, 0) is 31.2 Å². The van der Waals surface area contributed by atoms with Crippen molar-refractivity contribution in [2.75, 3.05) is 43.0 Å². The summed E-state index contributed by atoms with van der Waals surface area (Å²) in [5.41, 5.74) is 2.03. The van der Waals surface area contributed by atoms with Crippen LogP contribution in [0.2, 0.25) is 0 Å². The van der Waals surface area contributed by atoms with E-state index in [9.17, 15) is 9.18 Å². The van der Waals surface area contributed by atoms with Gasteiger partial charge in [-0.25, -0.2) is 19.2 Å². The predicted octanol–water partition coefficient (Wildman–Crippen LogP) is 4.04. The first kappa shape index (κ1) is 20.6. The van der Waals surface area contributed by atoms with Gasteiger partial charge in [0.25, 0.3) is 0 Å². The number of carbonyl (C=O) groups is 1. The van der Waals surface area contributed by atoms with Crippen LogP contribution in [-0.2, 0) is 0 Å². The van der Waals surface area contributed by atoms with Gasteiger partial charge in [0, 0.05) is 37.8 Å².